The monoisotopic (exact) mass is 413 g/mol. The van der Waals surface area contributed by atoms with Gasteiger partial charge in [-0.25, -0.2) is 0 Å². The van der Waals surface area contributed by atoms with Gasteiger partial charge in [-0.05, 0) is 87.4 Å². The summed E-state index contributed by atoms with van der Waals surface area (Å²) in [5, 5.41) is 9.95. The van der Waals surface area contributed by atoms with Gasteiger partial charge in [-0.1, -0.05) is 84.5 Å². The first-order valence-corrected chi connectivity index (χ1v) is 14.1. The third-order valence-corrected chi connectivity index (χ3v) is 9.64. The molecule has 0 amide bonds. The summed E-state index contributed by atoms with van der Waals surface area (Å²) in [4.78, 5) is 0. The van der Waals surface area contributed by atoms with Crippen LogP contribution in [-0.2, 0) is 0 Å². The summed E-state index contributed by atoms with van der Waals surface area (Å²) in [7, 11) is 0. The largest absolute Gasteiger partial charge is 0.198 e. The summed E-state index contributed by atoms with van der Waals surface area (Å²) in [6, 6.07) is 2.81. The fourth-order valence-corrected chi connectivity index (χ4v) is 7.61. The molecule has 172 valence electrons. The Morgan fingerprint density at radius 2 is 1.30 bits per heavy atom. The van der Waals surface area contributed by atoms with Gasteiger partial charge in [0.1, 0.15) is 0 Å². The second kappa shape index (κ2) is 12.5. The third-order valence-electron chi connectivity index (χ3n) is 9.64. The smallest absolute Gasteiger partial charge is 0.0689 e. The van der Waals surface area contributed by atoms with Gasteiger partial charge in [0.05, 0.1) is 11.5 Å². The number of hydrogen-bond donors (Lipinski definition) is 0. The van der Waals surface area contributed by atoms with Crippen LogP contribution in [0, 0.1) is 46.3 Å². The molecule has 2 unspecified atom stereocenters. The summed E-state index contributed by atoms with van der Waals surface area (Å²) in [6.07, 6.45) is 28.1. The van der Waals surface area contributed by atoms with E-state index in [0.717, 1.165) is 36.0 Å². The van der Waals surface area contributed by atoms with Gasteiger partial charge in [-0.2, -0.15) is 5.26 Å². The van der Waals surface area contributed by atoms with E-state index in [9.17, 15) is 5.26 Å². The van der Waals surface area contributed by atoms with E-state index in [1.165, 1.54) is 122 Å². The van der Waals surface area contributed by atoms with Crippen LogP contribution in [0.1, 0.15) is 142 Å². The predicted octanol–water partition coefficient (Wildman–Crippen LogP) is 9.46. The van der Waals surface area contributed by atoms with Crippen molar-refractivity contribution in [3.05, 3.63) is 0 Å². The van der Waals surface area contributed by atoms with Crippen LogP contribution >= 0.6 is 0 Å². The normalized spacial score (nSPS) is 37.6. The van der Waals surface area contributed by atoms with E-state index in [2.05, 4.69) is 19.9 Å². The Labute approximate surface area is 188 Å². The molecule has 3 aliphatic rings. The van der Waals surface area contributed by atoms with Gasteiger partial charge in [0.15, 0.2) is 0 Å². The topological polar surface area (TPSA) is 23.8 Å². The lowest BCUT2D eigenvalue weighted by Gasteiger charge is -2.43. The second-order valence-corrected chi connectivity index (χ2v) is 11.7. The van der Waals surface area contributed by atoms with Crippen molar-refractivity contribution in [1.29, 1.82) is 5.26 Å². The highest BCUT2D eigenvalue weighted by molar-refractivity contribution is 5.03. The molecule has 0 aliphatic heterocycles. The highest BCUT2D eigenvalue weighted by Gasteiger charge is 2.40. The van der Waals surface area contributed by atoms with Gasteiger partial charge < -0.3 is 0 Å². The SMILES string of the molecule is CCCCCC[C@H]1CC[C@H](C2CCC(C3CCCC(C#N)(CCCC)C3)CC2)CC1. The summed E-state index contributed by atoms with van der Waals surface area (Å²) >= 11 is 0. The van der Waals surface area contributed by atoms with Gasteiger partial charge in [0.2, 0.25) is 0 Å². The molecule has 0 aromatic heterocycles. The predicted molar refractivity (Wildman–Crippen MR) is 129 cm³/mol. The van der Waals surface area contributed by atoms with Crippen molar-refractivity contribution < 1.29 is 0 Å². The van der Waals surface area contributed by atoms with E-state index in [1.54, 1.807) is 0 Å². The molecule has 1 nitrogen and oxygen atoms in total. The zero-order valence-electron chi connectivity index (χ0n) is 20.5. The van der Waals surface area contributed by atoms with Crippen LogP contribution in [0.3, 0.4) is 0 Å². The molecular formula is C29H51N. The van der Waals surface area contributed by atoms with Crippen LogP contribution in [0.15, 0.2) is 0 Å². The Morgan fingerprint density at radius 3 is 1.90 bits per heavy atom. The standard InChI is InChI=1S/C29H51N/c1-3-5-7-8-10-24-12-14-25(15-13-24)26-16-18-27(19-17-26)28-11-9-21-29(22-28,23-30)20-6-4-2/h24-28H,3-22H2,1-2H3/t24-,25-,26?,27?,28?,29?. The number of nitriles is 1. The molecule has 3 rings (SSSR count). The highest BCUT2D eigenvalue weighted by Crippen LogP contribution is 2.50. The maximum absolute atomic E-state index is 9.95. The lowest BCUT2D eigenvalue weighted by atomic mass is 9.61. The van der Waals surface area contributed by atoms with Crippen LogP contribution in [0.2, 0.25) is 0 Å². The highest BCUT2D eigenvalue weighted by atomic mass is 14.5. The van der Waals surface area contributed by atoms with Crippen LogP contribution in [-0.4, -0.2) is 0 Å². The average Bonchev–Trinajstić information content (AvgIpc) is 2.81. The number of rotatable bonds is 10. The van der Waals surface area contributed by atoms with Gasteiger partial charge in [0, 0.05) is 0 Å². The molecule has 0 saturated heterocycles. The minimum atomic E-state index is 0.0330. The van der Waals surface area contributed by atoms with Gasteiger partial charge in [-0.15, -0.1) is 0 Å². The molecule has 2 atom stereocenters. The first kappa shape index (κ1) is 24.1. The first-order valence-electron chi connectivity index (χ1n) is 14.1. The summed E-state index contributed by atoms with van der Waals surface area (Å²) in [6.45, 7) is 4.59. The molecule has 0 spiro atoms. The Kier molecular flexibility index (Phi) is 10.1. The maximum Gasteiger partial charge on any atom is 0.0689 e. The fourth-order valence-electron chi connectivity index (χ4n) is 7.61. The average molecular weight is 414 g/mol. The molecule has 0 bridgehead atoms. The van der Waals surface area contributed by atoms with Gasteiger partial charge >= 0.3 is 0 Å². The van der Waals surface area contributed by atoms with Crippen LogP contribution in [0.25, 0.3) is 0 Å². The summed E-state index contributed by atoms with van der Waals surface area (Å²) < 4.78 is 0. The van der Waals surface area contributed by atoms with Crippen LogP contribution < -0.4 is 0 Å². The van der Waals surface area contributed by atoms with E-state index in [1.807, 2.05) is 0 Å². The van der Waals surface area contributed by atoms with E-state index in [-0.39, 0.29) is 5.41 Å². The Balaban J connectivity index is 1.38. The van der Waals surface area contributed by atoms with Crippen LogP contribution in [0.4, 0.5) is 0 Å². The van der Waals surface area contributed by atoms with Crippen molar-refractivity contribution in [2.24, 2.45) is 35.0 Å². The van der Waals surface area contributed by atoms with E-state index in [0.29, 0.717) is 0 Å². The zero-order chi connectivity index (χ0) is 21.2. The van der Waals surface area contributed by atoms with Crippen molar-refractivity contribution in [1.82, 2.24) is 0 Å². The van der Waals surface area contributed by atoms with E-state index < -0.39 is 0 Å². The van der Waals surface area contributed by atoms with E-state index in [4.69, 9.17) is 0 Å². The summed E-state index contributed by atoms with van der Waals surface area (Å²) in [5.41, 5.74) is 0.0330. The van der Waals surface area contributed by atoms with Crippen molar-refractivity contribution >= 4 is 0 Å². The van der Waals surface area contributed by atoms with Crippen molar-refractivity contribution in [3.63, 3.8) is 0 Å². The summed E-state index contributed by atoms with van der Waals surface area (Å²) in [5.74, 6) is 4.93. The lowest BCUT2D eigenvalue weighted by Crippen LogP contribution is -2.34. The molecular weight excluding hydrogens is 362 g/mol. The van der Waals surface area contributed by atoms with E-state index >= 15 is 0 Å². The zero-order valence-corrected chi connectivity index (χ0v) is 20.5. The molecule has 3 saturated carbocycles. The maximum atomic E-state index is 9.95. The van der Waals surface area contributed by atoms with Gasteiger partial charge in [0.25, 0.3) is 0 Å². The van der Waals surface area contributed by atoms with Crippen molar-refractivity contribution in [3.8, 4) is 6.07 Å². The molecule has 3 fully saturated rings. The number of unbranched alkanes of at least 4 members (excludes halogenated alkanes) is 4. The third kappa shape index (κ3) is 6.74. The molecule has 3 aliphatic carbocycles. The minimum absolute atomic E-state index is 0.0330. The Morgan fingerprint density at radius 1 is 0.700 bits per heavy atom. The molecule has 1 heteroatoms. The number of nitrogens with zero attached hydrogens (tertiary/aromatic N) is 1. The first-order chi connectivity index (χ1) is 14.7. The second-order valence-electron chi connectivity index (χ2n) is 11.7. The van der Waals surface area contributed by atoms with Crippen molar-refractivity contribution in [2.45, 2.75) is 142 Å². The molecule has 0 aromatic rings. The molecule has 0 heterocycles. The van der Waals surface area contributed by atoms with Crippen LogP contribution in [0.5, 0.6) is 0 Å². The molecule has 30 heavy (non-hydrogen) atoms. The quantitative estimate of drug-likeness (QED) is 0.327. The molecule has 0 radical (unpaired) electrons. The Bertz CT molecular complexity index is 503. The minimum Gasteiger partial charge on any atom is -0.198 e. The number of hydrogen-bond acceptors (Lipinski definition) is 1. The van der Waals surface area contributed by atoms with Gasteiger partial charge in [-0.3, -0.25) is 0 Å². The Hall–Kier alpha value is -0.510. The molecule has 0 N–H and O–H groups in total. The van der Waals surface area contributed by atoms with Crippen molar-refractivity contribution in [2.75, 3.05) is 0 Å². The lowest BCUT2D eigenvalue weighted by molar-refractivity contribution is 0.0814. The molecule has 0 aromatic carbocycles. The fraction of sp³-hybridized carbons (Fsp3) is 0.966.